The van der Waals surface area contributed by atoms with Gasteiger partial charge in [0, 0.05) is 16.5 Å². The molecule has 1 heterocycles. The van der Waals surface area contributed by atoms with E-state index in [4.69, 9.17) is 4.74 Å². The number of carbonyl (C=O) groups is 3. The van der Waals surface area contributed by atoms with E-state index < -0.39 is 23.3 Å². The first-order chi connectivity index (χ1) is 13.7. The number of allylic oxidation sites excluding steroid dienone is 1. The summed E-state index contributed by atoms with van der Waals surface area (Å²) in [5.74, 6) is -1.93. The molecule has 0 unspecified atom stereocenters. The van der Waals surface area contributed by atoms with Gasteiger partial charge in [-0.1, -0.05) is 42.5 Å². The van der Waals surface area contributed by atoms with E-state index >= 15 is 0 Å². The first kappa shape index (κ1) is 18.7. The fraction of sp³-hybridized carbons (Fsp3) is 0.174. The summed E-state index contributed by atoms with van der Waals surface area (Å²) in [6.07, 6.45) is -0.701. The lowest BCUT2D eigenvalue weighted by Gasteiger charge is -2.22. The van der Waals surface area contributed by atoms with Crippen LogP contribution in [-0.2, 0) is 9.53 Å². The molecule has 1 N–H and O–H groups in total. The van der Waals surface area contributed by atoms with Crippen LogP contribution < -0.4 is 0 Å². The summed E-state index contributed by atoms with van der Waals surface area (Å²) in [6.45, 7) is 5.20. The van der Waals surface area contributed by atoms with Crippen LogP contribution in [0.1, 0.15) is 42.4 Å². The van der Waals surface area contributed by atoms with Crippen molar-refractivity contribution in [1.82, 2.24) is 4.57 Å². The fourth-order valence-corrected chi connectivity index (χ4v) is 3.45. The Balaban J connectivity index is 2.02. The van der Waals surface area contributed by atoms with Crippen LogP contribution in [0.2, 0.25) is 0 Å². The summed E-state index contributed by atoms with van der Waals surface area (Å²) in [5, 5.41) is 11.5. The second-order valence-electron chi connectivity index (χ2n) is 7.83. The van der Waals surface area contributed by atoms with E-state index in [1.807, 2.05) is 0 Å². The average molecular weight is 389 g/mol. The maximum Gasteiger partial charge on any atom is 0.419 e. The Hall–Kier alpha value is -3.67. The maximum atomic E-state index is 13.0. The predicted molar refractivity (Wildman–Crippen MR) is 109 cm³/mol. The summed E-state index contributed by atoms with van der Waals surface area (Å²) in [6, 6.07) is 15.0. The normalized spacial score (nSPS) is 14.3. The van der Waals surface area contributed by atoms with Crippen molar-refractivity contribution in [3.63, 3.8) is 0 Å². The Morgan fingerprint density at radius 1 is 0.931 bits per heavy atom. The van der Waals surface area contributed by atoms with Crippen molar-refractivity contribution in [2.45, 2.75) is 26.4 Å². The molecule has 0 fully saturated rings. The number of carbonyl (C=O) groups excluding carboxylic acids is 3. The van der Waals surface area contributed by atoms with Gasteiger partial charge in [0.25, 0.3) is 0 Å². The Bertz CT molecular complexity index is 1220. The Kier molecular flexibility index (Phi) is 4.15. The number of hydrogen-bond acceptors (Lipinski definition) is 5. The molecule has 0 amide bonds. The second kappa shape index (κ2) is 6.44. The van der Waals surface area contributed by atoms with Gasteiger partial charge in [-0.3, -0.25) is 9.59 Å². The number of aliphatic hydroxyl groups is 1. The van der Waals surface area contributed by atoms with Crippen LogP contribution in [0, 0.1) is 0 Å². The number of ketones is 2. The number of ether oxygens (including phenoxy) is 1. The van der Waals surface area contributed by atoms with Gasteiger partial charge >= 0.3 is 6.09 Å². The van der Waals surface area contributed by atoms with Crippen LogP contribution in [0.4, 0.5) is 4.79 Å². The van der Waals surface area contributed by atoms with Gasteiger partial charge in [-0.25, -0.2) is 9.36 Å². The highest BCUT2D eigenvalue weighted by Gasteiger charge is 2.36. The monoisotopic (exact) mass is 389 g/mol. The molecule has 4 rings (SSSR count). The number of para-hydroxylation sites is 1. The highest BCUT2D eigenvalue weighted by Crippen LogP contribution is 2.36. The van der Waals surface area contributed by atoms with Crippen LogP contribution >= 0.6 is 0 Å². The van der Waals surface area contributed by atoms with Crippen molar-refractivity contribution in [3.05, 3.63) is 71.4 Å². The number of hydrogen-bond donors (Lipinski definition) is 1. The molecule has 0 spiro atoms. The summed E-state index contributed by atoms with van der Waals surface area (Å²) >= 11 is 0. The first-order valence-electron chi connectivity index (χ1n) is 9.15. The number of rotatable bonds is 1. The fourth-order valence-electron chi connectivity index (χ4n) is 3.45. The third-order valence-corrected chi connectivity index (χ3v) is 4.64. The lowest BCUT2D eigenvalue weighted by molar-refractivity contribution is -0.110. The lowest BCUT2D eigenvalue weighted by atomic mass is 9.87. The van der Waals surface area contributed by atoms with E-state index in [0.29, 0.717) is 10.9 Å². The minimum absolute atomic E-state index is 0.116. The van der Waals surface area contributed by atoms with E-state index in [9.17, 15) is 19.5 Å². The van der Waals surface area contributed by atoms with Crippen molar-refractivity contribution in [2.75, 3.05) is 0 Å². The Morgan fingerprint density at radius 3 is 2.24 bits per heavy atom. The molecule has 6 nitrogen and oxygen atoms in total. The average Bonchev–Trinajstić information content (AvgIpc) is 3.04. The minimum Gasteiger partial charge on any atom is -0.506 e. The number of aliphatic hydroxyl groups excluding tert-OH is 1. The van der Waals surface area contributed by atoms with Gasteiger partial charge in [0.1, 0.15) is 11.4 Å². The van der Waals surface area contributed by atoms with Crippen LogP contribution in [0.25, 0.3) is 22.2 Å². The molecule has 29 heavy (non-hydrogen) atoms. The van der Waals surface area contributed by atoms with Crippen LogP contribution in [0.15, 0.2) is 54.6 Å². The summed E-state index contributed by atoms with van der Waals surface area (Å²) in [7, 11) is 0. The van der Waals surface area contributed by atoms with Gasteiger partial charge < -0.3 is 9.84 Å². The second-order valence-corrected chi connectivity index (χ2v) is 7.83. The first-order valence-corrected chi connectivity index (χ1v) is 9.15. The van der Waals surface area contributed by atoms with Gasteiger partial charge in [0.05, 0.1) is 16.8 Å². The highest BCUT2D eigenvalue weighted by molar-refractivity contribution is 6.62. The van der Waals surface area contributed by atoms with E-state index in [1.54, 1.807) is 69.3 Å². The lowest BCUT2D eigenvalue weighted by Crippen LogP contribution is -2.30. The molecule has 0 radical (unpaired) electrons. The quantitative estimate of drug-likeness (QED) is 0.614. The van der Waals surface area contributed by atoms with Crippen LogP contribution in [0.5, 0.6) is 0 Å². The standard InChI is InChI=1S/C23H19NO5/c1-23(2,3)29-22(28)24-16-11-7-4-8-13(16)12-17(24)18-19(25)14-9-5-6-10-15(14)20(26)21(18)27/h4-12,25H,1-3H3. The maximum absolute atomic E-state index is 13.0. The molecular weight excluding hydrogens is 370 g/mol. The molecule has 1 aromatic heterocycles. The molecule has 0 saturated heterocycles. The highest BCUT2D eigenvalue weighted by atomic mass is 16.6. The van der Waals surface area contributed by atoms with E-state index in [1.165, 1.54) is 10.6 Å². The van der Waals surface area contributed by atoms with Gasteiger partial charge in [-0.2, -0.15) is 0 Å². The van der Waals surface area contributed by atoms with E-state index in [2.05, 4.69) is 0 Å². The summed E-state index contributed by atoms with van der Waals surface area (Å²) in [5.41, 5.74) is 0.0410. The largest absolute Gasteiger partial charge is 0.506 e. The van der Waals surface area contributed by atoms with Crippen molar-refractivity contribution >= 4 is 39.9 Å². The minimum atomic E-state index is -0.867. The van der Waals surface area contributed by atoms with Crippen molar-refractivity contribution in [3.8, 4) is 0 Å². The molecule has 146 valence electrons. The van der Waals surface area contributed by atoms with Gasteiger partial charge in [-0.05, 0) is 32.9 Å². The molecule has 0 saturated carbocycles. The molecule has 6 heteroatoms. The third-order valence-electron chi connectivity index (χ3n) is 4.64. The third kappa shape index (κ3) is 3.02. The van der Waals surface area contributed by atoms with Gasteiger partial charge in [0.2, 0.25) is 11.6 Å². The van der Waals surface area contributed by atoms with Gasteiger partial charge in [0.15, 0.2) is 0 Å². The van der Waals surface area contributed by atoms with Crippen molar-refractivity contribution in [2.24, 2.45) is 0 Å². The zero-order chi connectivity index (χ0) is 20.9. The zero-order valence-electron chi connectivity index (χ0n) is 16.2. The molecule has 2 aromatic carbocycles. The molecular formula is C23H19NO5. The number of aromatic nitrogens is 1. The van der Waals surface area contributed by atoms with Crippen LogP contribution in [-0.4, -0.2) is 32.9 Å². The zero-order valence-corrected chi connectivity index (χ0v) is 16.2. The number of fused-ring (bicyclic) bond motifs is 2. The van der Waals surface area contributed by atoms with Gasteiger partial charge in [-0.15, -0.1) is 0 Å². The van der Waals surface area contributed by atoms with E-state index in [0.717, 1.165) is 0 Å². The van der Waals surface area contributed by atoms with Crippen molar-refractivity contribution in [1.29, 1.82) is 0 Å². The topological polar surface area (TPSA) is 85.6 Å². The number of benzene rings is 2. The predicted octanol–water partition coefficient (Wildman–Crippen LogP) is 4.62. The Morgan fingerprint density at radius 2 is 1.55 bits per heavy atom. The number of nitrogens with zero attached hydrogens (tertiary/aromatic N) is 1. The molecule has 0 bridgehead atoms. The Labute approximate surface area is 167 Å². The summed E-state index contributed by atoms with van der Waals surface area (Å²) < 4.78 is 6.74. The number of Topliss-reactive ketones (excluding diaryl/α,β-unsaturated/α-hetero) is 2. The molecule has 0 atom stereocenters. The van der Waals surface area contributed by atoms with Crippen molar-refractivity contribution < 1.29 is 24.2 Å². The van der Waals surface area contributed by atoms with E-state index in [-0.39, 0.29) is 28.2 Å². The smallest absolute Gasteiger partial charge is 0.419 e. The molecule has 1 aliphatic rings. The van der Waals surface area contributed by atoms with Crippen LogP contribution in [0.3, 0.4) is 0 Å². The SMILES string of the molecule is CC(C)(C)OC(=O)n1c(C2=C(O)c3ccccc3C(=O)C2=O)cc2ccccc21. The molecule has 1 aliphatic carbocycles. The summed E-state index contributed by atoms with van der Waals surface area (Å²) in [4.78, 5) is 38.5. The molecule has 3 aromatic rings. The molecule has 0 aliphatic heterocycles.